The second-order valence-corrected chi connectivity index (χ2v) is 8.78. The van der Waals surface area contributed by atoms with E-state index >= 15 is 0 Å². The third-order valence-corrected chi connectivity index (χ3v) is 7.32. The van der Waals surface area contributed by atoms with Crippen LogP contribution in [0.2, 0.25) is 0 Å². The molecule has 0 saturated heterocycles. The minimum atomic E-state index is -2.50. The number of carbonyl (C=O) groups is 1. The maximum absolute atomic E-state index is 12.4. The van der Waals surface area contributed by atoms with Gasteiger partial charge in [0, 0.05) is 25.1 Å². The fourth-order valence-electron chi connectivity index (χ4n) is 3.98. The first-order valence-corrected chi connectivity index (χ1v) is 10.5. The molecule has 7 nitrogen and oxygen atoms in total. The molecule has 1 saturated carbocycles. The normalized spacial score (nSPS) is 24.7. The van der Waals surface area contributed by atoms with Gasteiger partial charge in [-0.05, 0) is 17.7 Å². The molecule has 0 bridgehead atoms. The summed E-state index contributed by atoms with van der Waals surface area (Å²) in [5, 5.41) is 10.5. The molecule has 0 aliphatic heterocycles. The van der Waals surface area contributed by atoms with Gasteiger partial charge in [0.25, 0.3) is 11.3 Å². The van der Waals surface area contributed by atoms with Gasteiger partial charge in [-0.1, -0.05) is 37.3 Å². The van der Waals surface area contributed by atoms with E-state index in [1.165, 1.54) is 11.3 Å². The van der Waals surface area contributed by atoms with Gasteiger partial charge in [-0.2, -0.15) is 0 Å². The molecule has 4 atom stereocenters. The minimum absolute atomic E-state index is 0.330. The number of imidazole rings is 1. The molecule has 0 radical (unpaired) electrons. The predicted molar refractivity (Wildman–Crippen MR) is 108 cm³/mol. The summed E-state index contributed by atoms with van der Waals surface area (Å²) in [7, 11) is 1.86. The number of hydrogen-bond donors (Lipinski definition) is 2. The Kier molecular flexibility index (Phi) is 4.60. The van der Waals surface area contributed by atoms with Crippen LogP contribution in [0.3, 0.4) is 0 Å². The van der Waals surface area contributed by atoms with E-state index in [1.54, 1.807) is 25.4 Å². The van der Waals surface area contributed by atoms with E-state index in [9.17, 15) is 18.7 Å². The van der Waals surface area contributed by atoms with E-state index in [1.807, 2.05) is 48.1 Å². The Morgan fingerprint density at radius 2 is 2.00 bits per heavy atom. The van der Waals surface area contributed by atoms with Crippen molar-refractivity contribution < 1.29 is 18.7 Å². The van der Waals surface area contributed by atoms with Gasteiger partial charge in [0.15, 0.2) is 5.54 Å². The van der Waals surface area contributed by atoms with E-state index in [0.717, 1.165) is 20.4 Å². The average molecular weight is 418 g/mol. The molecule has 1 fully saturated rings. The van der Waals surface area contributed by atoms with Crippen LogP contribution in [0.15, 0.2) is 55.0 Å². The molecule has 28 heavy (non-hydrogen) atoms. The number of carboxylic acids is 1. The molecular formula is C19H19N3O4S2. The lowest BCUT2D eigenvalue weighted by Crippen LogP contribution is -2.47. The van der Waals surface area contributed by atoms with Crippen LogP contribution in [0.1, 0.15) is 18.4 Å². The van der Waals surface area contributed by atoms with Crippen LogP contribution in [0, 0.1) is 5.92 Å². The smallest absolute Gasteiger partial charge is 0.331 e. The lowest BCUT2D eigenvalue weighted by molar-refractivity contribution is -0.139. The lowest BCUT2D eigenvalue weighted by Gasteiger charge is -2.27. The zero-order valence-electron chi connectivity index (χ0n) is 15.2. The van der Waals surface area contributed by atoms with Crippen LogP contribution >= 0.6 is 11.3 Å². The molecule has 146 valence electrons. The highest BCUT2D eigenvalue weighted by atomic mass is 32.2. The Morgan fingerprint density at radius 1 is 1.29 bits per heavy atom. The van der Waals surface area contributed by atoms with Crippen molar-refractivity contribution in [2.24, 2.45) is 13.0 Å². The Labute approximate surface area is 168 Å². The molecule has 1 aliphatic rings. The quantitative estimate of drug-likeness (QED) is 0.600. The maximum atomic E-state index is 12.4. The van der Waals surface area contributed by atoms with Gasteiger partial charge in [-0.3, -0.25) is 4.55 Å². The van der Waals surface area contributed by atoms with Gasteiger partial charge in [0.1, 0.15) is 5.00 Å². The average Bonchev–Trinajstić information content (AvgIpc) is 3.00. The van der Waals surface area contributed by atoms with E-state index < -0.39 is 22.8 Å². The molecule has 0 spiro atoms. The lowest BCUT2D eigenvalue weighted by atomic mass is 10.1. The first-order valence-electron chi connectivity index (χ1n) is 8.65. The number of aryl methyl sites for hydroxylation is 1. The first-order chi connectivity index (χ1) is 13.4. The second kappa shape index (κ2) is 6.84. The fraction of sp³-hybridized carbons (Fsp3) is 0.263. The van der Waals surface area contributed by atoms with Crippen LogP contribution < -0.4 is 4.31 Å². The highest BCUT2D eigenvalue weighted by molar-refractivity contribution is 7.81. The van der Waals surface area contributed by atoms with E-state index in [2.05, 4.69) is 4.98 Å². The van der Waals surface area contributed by atoms with Crippen molar-refractivity contribution >= 4 is 33.6 Å². The van der Waals surface area contributed by atoms with Crippen LogP contribution in [0.4, 0.5) is 5.00 Å². The topological polar surface area (TPSA) is 95.7 Å². The van der Waals surface area contributed by atoms with Crippen molar-refractivity contribution in [3.05, 3.63) is 60.6 Å². The van der Waals surface area contributed by atoms with Crippen LogP contribution in [0.25, 0.3) is 10.6 Å². The number of aliphatic carboxylic acids is 1. The maximum Gasteiger partial charge on any atom is 0.331 e. The van der Waals surface area contributed by atoms with Crippen LogP contribution in [-0.4, -0.2) is 34.9 Å². The van der Waals surface area contributed by atoms with Gasteiger partial charge in [0.05, 0.1) is 16.9 Å². The van der Waals surface area contributed by atoms with Crippen molar-refractivity contribution in [3.63, 3.8) is 0 Å². The predicted octanol–water partition coefficient (Wildman–Crippen LogP) is 3.35. The summed E-state index contributed by atoms with van der Waals surface area (Å²) in [6.45, 7) is 1.80. The van der Waals surface area contributed by atoms with Crippen LogP contribution in [-0.2, 0) is 23.1 Å². The standard InChI is InChI=1S/C19H19N3O4S2/c1-12-17(13-6-4-3-5-7-13)19(12,18(23)24)22(28(25)26)16-9-8-15(27-16)14-10-21(2)11-20-14/h3-12,17H,1-2H3,(H,23,24)(H,25,26). The number of hydrogen-bond acceptors (Lipinski definition) is 4. The second-order valence-electron chi connectivity index (χ2n) is 6.89. The SMILES string of the molecule is CC1C(c2ccccc2)C1(C(=O)O)N(c1ccc(-c2cn(C)cn2)s1)S(=O)O. The van der Waals surface area contributed by atoms with Crippen molar-refractivity contribution in [2.45, 2.75) is 18.4 Å². The Morgan fingerprint density at radius 3 is 2.57 bits per heavy atom. The summed E-state index contributed by atoms with van der Waals surface area (Å²) in [5.41, 5.74) is 0.0947. The number of nitrogens with zero attached hydrogens (tertiary/aromatic N) is 3. The highest BCUT2D eigenvalue weighted by Gasteiger charge is 2.73. The molecule has 9 heteroatoms. The number of anilines is 1. The van der Waals surface area contributed by atoms with Crippen molar-refractivity contribution in [2.75, 3.05) is 4.31 Å². The van der Waals surface area contributed by atoms with Gasteiger partial charge in [-0.25, -0.2) is 18.3 Å². The summed E-state index contributed by atoms with van der Waals surface area (Å²) < 4.78 is 25.3. The third-order valence-electron chi connectivity index (χ3n) is 5.30. The number of benzene rings is 1. The number of rotatable bonds is 6. The zero-order valence-corrected chi connectivity index (χ0v) is 16.9. The van der Waals surface area contributed by atoms with Gasteiger partial charge < -0.3 is 9.67 Å². The summed E-state index contributed by atoms with van der Waals surface area (Å²) in [6.07, 6.45) is 3.51. The van der Waals surface area contributed by atoms with Crippen molar-refractivity contribution in [3.8, 4) is 10.6 Å². The Hall–Kier alpha value is -2.49. The summed E-state index contributed by atoms with van der Waals surface area (Å²) >= 11 is -1.24. The summed E-state index contributed by atoms with van der Waals surface area (Å²) in [6, 6.07) is 12.7. The molecule has 4 unspecified atom stereocenters. The molecular weight excluding hydrogens is 398 g/mol. The Bertz CT molecular complexity index is 1050. The van der Waals surface area contributed by atoms with Crippen molar-refractivity contribution in [1.29, 1.82) is 0 Å². The molecule has 3 aromatic rings. The van der Waals surface area contributed by atoms with E-state index in [0.29, 0.717) is 5.00 Å². The molecule has 0 amide bonds. The number of carboxylic acid groups (broad SMARTS) is 1. The van der Waals surface area contributed by atoms with E-state index in [4.69, 9.17) is 0 Å². The monoisotopic (exact) mass is 417 g/mol. The zero-order chi connectivity index (χ0) is 20.1. The fourth-order valence-corrected chi connectivity index (χ4v) is 6.05. The van der Waals surface area contributed by atoms with E-state index in [-0.39, 0.29) is 11.8 Å². The third kappa shape index (κ3) is 2.78. The number of thiophene rings is 1. The number of aromatic nitrogens is 2. The first kappa shape index (κ1) is 18.9. The Balaban J connectivity index is 1.78. The van der Waals surface area contributed by atoms with Crippen molar-refractivity contribution in [1.82, 2.24) is 9.55 Å². The van der Waals surface area contributed by atoms with Gasteiger partial charge in [-0.15, -0.1) is 11.3 Å². The molecule has 2 N–H and O–H groups in total. The summed E-state index contributed by atoms with van der Waals surface area (Å²) in [5.74, 6) is -1.82. The molecule has 2 heterocycles. The van der Waals surface area contributed by atoms with Crippen LogP contribution in [0.5, 0.6) is 0 Å². The van der Waals surface area contributed by atoms with Gasteiger partial charge in [0.2, 0.25) is 0 Å². The minimum Gasteiger partial charge on any atom is -0.479 e. The summed E-state index contributed by atoms with van der Waals surface area (Å²) in [4.78, 5) is 17.5. The molecule has 2 aromatic heterocycles. The molecule has 1 aromatic carbocycles. The highest BCUT2D eigenvalue weighted by Crippen LogP contribution is 2.62. The molecule has 1 aliphatic carbocycles. The molecule has 4 rings (SSSR count). The largest absolute Gasteiger partial charge is 0.479 e. The van der Waals surface area contributed by atoms with Gasteiger partial charge >= 0.3 is 5.97 Å².